The minimum absolute atomic E-state index is 0.202. The van der Waals surface area contributed by atoms with E-state index in [0.29, 0.717) is 12.5 Å². The van der Waals surface area contributed by atoms with E-state index in [-0.39, 0.29) is 5.97 Å². The minimum atomic E-state index is -0.592. The van der Waals surface area contributed by atoms with Gasteiger partial charge in [-0.1, -0.05) is 20.8 Å². The summed E-state index contributed by atoms with van der Waals surface area (Å²) < 4.78 is 10.4. The summed E-state index contributed by atoms with van der Waals surface area (Å²) in [7, 11) is 1.43. The van der Waals surface area contributed by atoms with Gasteiger partial charge in [-0.25, -0.2) is 0 Å². The van der Waals surface area contributed by atoms with E-state index in [1.807, 2.05) is 13.8 Å². The standard InChI is InChI=1S/C14H29NO3/c1-6-15-14(4,13(16)17-5)9-7-10-18-11-8-12(2)3/h12,15H,6-11H2,1-5H3. The molecule has 0 aliphatic carbocycles. The first kappa shape index (κ1) is 17.4. The second-order valence-electron chi connectivity index (χ2n) is 5.25. The lowest BCUT2D eigenvalue weighted by Crippen LogP contribution is -2.50. The van der Waals surface area contributed by atoms with Gasteiger partial charge in [-0.05, 0) is 38.6 Å². The fourth-order valence-corrected chi connectivity index (χ4v) is 1.83. The molecule has 1 atom stereocenters. The van der Waals surface area contributed by atoms with Crippen LogP contribution in [0.15, 0.2) is 0 Å². The Bertz CT molecular complexity index is 231. The van der Waals surface area contributed by atoms with Crippen LogP contribution < -0.4 is 5.32 Å². The number of ether oxygens (including phenoxy) is 2. The summed E-state index contributed by atoms with van der Waals surface area (Å²) in [5, 5.41) is 3.19. The van der Waals surface area contributed by atoms with E-state index < -0.39 is 5.54 Å². The summed E-state index contributed by atoms with van der Waals surface area (Å²) in [5.74, 6) is 0.471. The van der Waals surface area contributed by atoms with Crippen LogP contribution in [0.1, 0.15) is 47.0 Å². The highest BCUT2D eigenvalue weighted by molar-refractivity contribution is 5.80. The van der Waals surface area contributed by atoms with Crippen LogP contribution in [0.4, 0.5) is 0 Å². The quantitative estimate of drug-likeness (QED) is 0.483. The Kier molecular flexibility index (Phi) is 9.02. The molecule has 18 heavy (non-hydrogen) atoms. The van der Waals surface area contributed by atoms with Crippen LogP contribution in [0, 0.1) is 5.92 Å². The number of likely N-dealkylation sites (N-methyl/N-ethyl adjacent to an activating group) is 1. The molecular formula is C14H29NO3. The molecule has 0 rings (SSSR count). The summed E-state index contributed by atoms with van der Waals surface area (Å²) in [6.07, 6.45) is 2.67. The second kappa shape index (κ2) is 9.34. The van der Waals surface area contributed by atoms with Crippen molar-refractivity contribution in [2.75, 3.05) is 26.9 Å². The van der Waals surface area contributed by atoms with E-state index in [2.05, 4.69) is 19.2 Å². The van der Waals surface area contributed by atoms with Gasteiger partial charge in [-0.2, -0.15) is 0 Å². The van der Waals surface area contributed by atoms with Crippen LogP contribution in [-0.4, -0.2) is 38.4 Å². The molecule has 0 radical (unpaired) electrons. The Morgan fingerprint density at radius 2 is 2.00 bits per heavy atom. The maximum Gasteiger partial charge on any atom is 0.325 e. The van der Waals surface area contributed by atoms with Crippen molar-refractivity contribution in [3.8, 4) is 0 Å². The van der Waals surface area contributed by atoms with Gasteiger partial charge >= 0.3 is 5.97 Å². The van der Waals surface area contributed by atoms with Gasteiger partial charge in [0.15, 0.2) is 0 Å². The maximum atomic E-state index is 11.7. The molecule has 0 aliphatic rings. The van der Waals surface area contributed by atoms with E-state index in [4.69, 9.17) is 9.47 Å². The molecule has 0 aromatic heterocycles. The monoisotopic (exact) mass is 259 g/mol. The van der Waals surface area contributed by atoms with Gasteiger partial charge in [0, 0.05) is 13.2 Å². The van der Waals surface area contributed by atoms with Crippen molar-refractivity contribution < 1.29 is 14.3 Å². The van der Waals surface area contributed by atoms with Gasteiger partial charge in [0.1, 0.15) is 5.54 Å². The fraction of sp³-hybridized carbons (Fsp3) is 0.929. The van der Waals surface area contributed by atoms with Crippen LogP contribution >= 0.6 is 0 Å². The summed E-state index contributed by atoms with van der Waals surface area (Å²) >= 11 is 0. The predicted molar refractivity (Wildman–Crippen MR) is 73.6 cm³/mol. The van der Waals surface area contributed by atoms with Crippen molar-refractivity contribution in [3.63, 3.8) is 0 Å². The normalized spacial score (nSPS) is 14.6. The summed E-state index contributed by atoms with van der Waals surface area (Å²) in [6.45, 7) is 10.5. The lowest BCUT2D eigenvalue weighted by Gasteiger charge is -2.27. The van der Waals surface area contributed by atoms with Gasteiger partial charge < -0.3 is 14.8 Å². The van der Waals surface area contributed by atoms with E-state index in [0.717, 1.165) is 32.4 Å². The molecule has 0 spiro atoms. The summed E-state index contributed by atoms with van der Waals surface area (Å²) in [4.78, 5) is 11.7. The Labute approximate surface area is 111 Å². The maximum absolute atomic E-state index is 11.7. The van der Waals surface area contributed by atoms with Gasteiger partial charge in [-0.3, -0.25) is 4.79 Å². The molecule has 108 valence electrons. The highest BCUT2D eigenvalue weighted by Crippen LogP contribution is 2.14. The van der Waals surface area contributed by atoms with Crippen LogP contribution in [-0.2, 0) is 14.3 Å². The molecule has 1 N–H and O–H groups in total. The first-order valence-corrected chi connectivity index (χ1v) is 6.87. The zero-order valence-corrected chi connectivity index (χ0v) is 12.5. The Morgan fingerprint density at radius 3 is 2.50 bits per heavy atom. The molecule has 0 fully saturated rings. The van der Waals surface area contributed by atoms with Crippen molar-refractivity contribution in [2.45, 2.75) is 52.5 Å². The molecule has 4 nitrogen and oxygen atoms in total. The number of hydrogen-bond acceptors (Lipinski definition) is 4. The zero-order valence-electron chi connectivity index (χ0n) is 12.5. The second-order valence-corrected chi connectivity index (χ2v) is 5.25. The molecule has 0 aromatic carbocycles. The van der Waals surface area contributed by atoms with Crippen LogP contribution in [0.25, 0.3) is 0 Å². The number of hydrogen-bond donors (Lipinski definition) is 1. The molecule has 0 saturated heterocycles. The van der Waals surface area contributed by atoms with Crippen molar-refractivity contribution in [2.24, 2.45) is 5.92 Å². The number of carbonyl (C=O) groups excluding carboxylic acids is 1. The molecule has 0 bridgehead atoms. The minimum Gasteiger partial charge on any atom is -0.468 e. The van der Waals surface area contributed by atoms with Crippen LogP contribution in [0.3, 0.4) is 0 Å². The number of carbonyl (C=O) groups is 1. The zero-order chi connectivity index (χ0) is 14.0. The Hall–Kier alpha value is -0.610. The van der Waals surface area contributed by atoms with Gasteiger partial charge in [0.25, 0.3) is 0 Å². The first-order valence-electron chi connectivity index (χ1n) is 6.87. The van der Waals surface area contributed by atoms with Gasteiger partial charge in [0.2, 0.25) is 0 Å². The average Bonchev–Trinajstić information content (AvgIpc) is 2.32. The summed E-state index contributed by atoms with van der Waals surface area (Å²) in [5.41, 5.74) is -0.592. The third-order valence-corrected chi connectivity index (χ3v) is 3.01. The van der Waals surface area contributed by atoms with E-state index in [9.17, 15) is 4.79 Å². The van der Waals surface area contributed by atoms with Crippen molar-refractivity contribution >= 4 is 5.97 Å². The molecule has 1 unspecified atom stereocenters. The fourth-order valence-electron chi connectivity index (χ4n) is 1.83. The van der Waals surface area contributed by atoms with E-state index in [1.54, 1.807) is 0 Å². The molecule has 0 saturated carbocycles. The predicted octanol–water partition coefficient (Wildman–Crippen LogP) is 2.37. The van der Waals surface area contributed by atoms with E-state index in [1.165, 1.54) is 7.11 Å². The molecule has 0 aromatic rings. The molecule has 4 heteroatoms. The largest absolute Gasteiger partial charge is 0.468 e. The number of nitrogens with one attached hydrogen (secondary N) is 1. The summed E-state index contributed by atoms with van der Waals surface area (Å²) in [6, 6.07) is 0. The Morgan fingerprint density at radius 1 is 1.33 bits per heavy atom. The number of methoxy groups -OCH3 is 1. The van der Waals surface area contributed by atoms with Gasteiger partial charge in [0.05, 0.1) is 7.11 Å². The van der Waals surface area contributed by atoms with Crippen LogP contribution in [0.5, 0.6) is 0 Å². The topological polar surface area (TPSA) is 47.6 Å². The average molecular weight is 259 g/mol. The van der Waals surface area contributed by atoms with E-state index >= 15 is 0 Å². The molecular weight excluding hydrogens is 230 g/mol. The number of rotatable bonds is 10. The van der Waals surface area contributed by atoms with Crippen molar-refractivity contribution in [1.82, 2.24) is 5.32 Å². The molecule has 0 amide bonds. The van der Waals surface area contributed by atoms with Crippen LogP contribution in [0.2, 0.25) is 0 Å². The van der Waals surface area contributed by atoms with Gasteiger partial charge in [-0.15, -0.1) is 0 Å². The Balaban J connectivity index is 3.87. The third-order valence-electron chi connectivity index (χ3n) is 3.01. The third kappa shape index (κ3) is 6.97. The lowest BCUT2D eigenvalue weighted by atomic mass is 9.96. The smallest absolute Gasteiger partial charge is 0.325 e. The first-order chi connectivity index (χ1) is 8.46. The van der Waals surface area contributed by atoms with Crippen molar-refractivity contribution in [3.05, 3.63) is 0 Å². The SMILES string of the molecule is CCNC(C)(CCCOCCC(C)C)C(=O)OC. The molecule has 0 heterocycles. The molecule has 0 aliphatic heterocycles. The highest BCUT2D eigenvalue weighted by atomic mass is 16.5. The highest BCUT2D eigenvalue weighted by Gasteiger charge is 2.32. The lowest BCUT2D eigenvalue weighted by molar-refractivity contribution is -0.148. The number of esters is 1. The van der Waals surface area contributed by atoms with Crippen molar-refractivity contribution in [1.29, 1.82) is 0 Å².